The molecule has 0 unspecified atom stereocenters. The average molecular weight is 279 g/mol. The van der Waals surface area contributed by atoms with Gasteiger partial charge in [-0.3, -0.25) is 0 Å². The van der Waals surface area contributed by atoms with Gasteiger partial charge in [0, 0.05) is 6.26 Å². The summed E-state index contributed by atoms with van der Waals surface area (Å²) >= 11 is 0. The Labute approximate surface area is 111 Å². The fourth-order valence-electron chi connectivity index (χ4n) is 1.88. The molecule has 0 bridgehead atoms. The zero-order valence-electron chi connectivity index (χ0n) is 10.6. The van der Waals surface area contributed by atoms with Crippen LogP contribution < -0.4 is 5.73 Å². The smallest absolute Gasteiger partial charge is 0.175 e. The molecule has 0 saturated heterocycles. The van der Waals surface area contributed by atoms with Gasteiger partial charge < -0.3 is 5.73 Å². The van der Waals surface area contributed by atoms with Crippen LogP contribution in [0.4, 0.5) is 10.1 Å². The molecule has 0 amide bonds. The van der Waals surface area contributed by atoms with Gasteiger partial charge in [-0.1, -0.05) is 12.1 Å². The monoisotopic (exact) mass is 279 g/mol. The normalized spacial score (nSPS) is 11.5. The van der Waals surface area contributed by atoms with E-state index in [-0.39, 0.29) is 10.6 Å². The van der Waals surface area contributed by atoms with E-state index in [2.05, 4.69) is 0 Å². The Kier molecular flexibility index (Phi) is 3.32. The van der Waals surface area contributed by atoms with E-state index in [0.717, 1.165) is 22.9 Å². The van der Waals surface area contributed by atoms with Crippen LogP contribution in [0.3, 0.4) is 0 Å². The average Bonchev–Trinajstić information content (AvgIpc) is 2.33. The molecule has 2 aromatic rings. The van der Waals surface area contributed by atoms with Gasteiger partial charge in [0.05, 0.1) is 10.6 Å². The third-order valence-electron chi connectivity index (χ3n) is 2.94. The maximum absolute atomic E-state index is 13.3. The maximum atomic E-state index is 13.3. The molecule has 0 aliphatic carbocycles. The minimum atomic E-state index is -3.21. The highest BCUT2D eigenvalue weighted by atomic mass is 32.2. The predicted molar refractivity (Wildman–Crippen MR) is 74.1 cm³/mol. The molecule has 0 atom stereocenters. The van der Waals surface area contributed by atoms with E-state index in [0.29, 0.717) is 0 Å². The maximum Gasteiger partial charge on any atom is 0.175 e. The lowest BCUT2D eigenvalue weighted by molar-refractivity contribution is 0.602. The second kappa shape index (κ2) is 4.66. The van der Waals surface area contributed by atoms with Crippen LogP contribution in [0.25, 0.3) is 11.1 Å². The Bertz CT molecular complexity index is 722. The molecule has 2 rings (SSSR count). The number of anilines is 1. The van der Waals surface area contributed by atoms with Crippen LogP contribution >= 0.6 is 0 Å². The molecule has 0 spiro atoms. The molecule has 2 aromatic carbocycles. The van der Waals surface area contributed by atoms with Crippen LogP contribution in [-0.4, -0.2) is 14.7 Å². The zero-order chi connectivity index (χ0) is 14.2. The van der Waals surface area contributed by atoms with Gasteiger partial charge in [-0.2, -0.15) is 0 Å². The first-order valence-electron chi connectivity index (χ1n) is 5.65. The van der Waals surface area contributed by atoms with Gasteiger partial charge in [-0.05, 0) is 47.9 Å². The van der Waals surface area contributed by atoms with Gasteiger partial charge in [0.2, 0.25) is 0 Å². The minimum absolute atomic E-state index is 0.0767. The molecule has 0 aliphatic rings. The Balaban J connectivity index is 2.52. The number of benzene rings is 2. The van der Waals surface area contributed by atoms with Crippen molar-refractivity contribution in [3.05, 3.63) is 47.8 Å². The Hall–Kier alpha value is -1.88. The van der Waals surface area contributed by atoms with E-state index >= 15 is 0 Å². The van der Waals surface area contributed by atoms with E-state index in [1.54, 1.807) is 25.1 Å². The Morgan fingerprint density at radius 3 is 2.21 bits per heavy atom. The number of aryl methyl sites for hydroxylation is 1. The second-order valence-electron chi connectivity index (χ2n) is 4.49. The van der Waals surface area contributed by atoms with E-state index in [4.69, 9.17) is 5.73 Å². The summed E-state index contributed by atoms with van der Waals surface area (Å²) in [5.74, 6) is -0.450. The van der Waals surface area contributed by atoms with Crippen molar-refractivity contribution >= 4 is 15.5 Å². The highest BCUT2D eigenvalue weighted by Crippen LogP contribution is 2.28. The molecule has 0 saturated carbocycles. The van der Waals surface area contributed by atoms with Crippen LogP contribution in [0.2, 0.25) is 0 Å². The van der Waals surface area contributed by atoms with Crippen molar-refractivity contribution in [1.29, 1.82) is 0 Å². The fourth-order valence-corrected chi connectivity index (χ4v) is 2.51. The molecule has 100 valence electrons. The molecule has 0 fully saturated rings. The van der Waals surface area contributed by atoms with Gasteiger partial charge >= 0.3 is 0 Å². The lowest BCUT2D eigenvalue weighted by Crippen LogP contribution is -1.97. The van der Waals surface area contributed by atoms with E-state index in [1.807, 2.05) is 0 Å². The minimum Gasteiger partial charge on any atom is -0.396 e. The molecule has 2 N–H and O–H groups in total. The lowest BCUT2D eigenvalue weighted by atomic mass is 10.00. The standard InChI is InChI=1S/C14H14FNO2S/c1-9-7-13(15)14(16)8-12(9)10-3-5-11(6-4-10)19(2,17)18/h3-8H,16H2,1-2H3. The van der Waals surface area contributed by atoms with Crippen LogP contribution in [0.5, 0.6) is 0 Å². The van der Waals surface area contributed by atoms with Crippen molar-refractivity contribution in [2.45, 2.75) is 11.8 Å². The largest absolute Gasteiger partial charge is 0.396 e. The lowest BCUT2D eigenvalue weighted by Gasteiger charge is -2.09. The van der Waals surface area contributed by atoms with Crippen molar-refractivity contribution < 1.29 is 12.8 Å². The number of halogens is 1. The summed E-state index contributed by atoms with van der Waals surface area (Å²) in [4.78, 5) is 0.254. The molecular formula is C14H14FNO2S. The molecule has 0 radical (unpaired) electrons. The van der Waals surface area contributed by atoms with Gasteiger partial charge in [0.1, 0.15) is 5.82 Å². The predicted octanol–water partition coefficient (Wildman–Crippen LogP) is 2.79. The van der Waals surface area contributed by atoms with Gasteiger partial charge in [0.25, 0.3) is 0 Å². The SMILES string of the molecule is Cc1cc(F)c(N)cc1-c1ccc(S(C)(=O)=O)cc1. The van der Waals surface area contributed by atoms with Crippen molar-refractivity contribution in [2.24, 2.45) is 0 Å². The van der Waals surface area contributed by atoms with Crippen molar-refractivity contribution in [3.8, 4) is 11.1 Å². The summed E-state index contributed by atoms with van der Waals surface area (Å²) in [7, 11) is -3.21. The van der Waals surface area contributed by atoms with E-state index < -0.39 is 15.7 Å². The summed E-state index contributed by atoms with van der Waals surface area (Å²) in [5, 5.41) is 0. The molecule has 0 aliphatic heterocycles. The van der Waals surface area contributed by atoms with Gasteiger partial charge in [-0.15, -0.1) is 0 Å². The third kappa shape index (κ3) is 2.76. The summed E-state index contributed by atoms with van der Waals surface area (Å²) < 4.78 is 36.0. The van der Waals surface area contributed by atoms with Crippen LogP contribution in [-0.2, 0) is 9.84 Å². The Morgan fingerprint density at radius 2 is 1.68 bits per heavy atom. The summed E-state index contributed by atoms with van der Waals surface area (Å²) in [6, 6.07) is 9.37. The number of sulfone groups is 1. The van der Waals surface area contributed by atoms with Crippen LogP contribution in [0.1, 0.15) is 5.56 Å². The molecule has 3 nitrogen and oxygen atoms in total. The van der Waals surface area contributed by atoms with E-state index in [1.165, 1.54) is 18.2 Å². The van der Waals surface area contributed by atoms with Gasteiger partial charge in [0.15, 0.2) is 9.84 Å². The topological polar surface area (TPSA) is 60.2 Å². The number of rotatable bonds is 2. The quantitative estimate of drug-likeness (QED) is 0.860. The van der Waals surface area contributed by atoms with Crippen molar-refractivity contribution in [1.82, 2.24) is 0 Å². The third-order valence-corrected chi connectivity index (χ3v) is 4.07. The molecule has 19 heavy (non-hydrogen) atoms. The first-order valence-corrected chi connectivity index (χ1v) is 7.54. The van der Waals surface area contributed by atoms with Crippen LogP contribution in [0.15, 0.2) is 41.3 Å². The molecule has 0 heterocycles. The second-order valence-corrected chi connectivity index (χ2v) is 6.50. The fraction of sp³-hybridized carbons (Fsp3) is 0.143. The number of nitrogen functional groups attached to an aromatic ring is 1. The summed E-state index contributed by atoms with van der Waals surface area (Å²) in [6.07, 6.45) is 1.16. The first kappa shape index (κ1) is 13.5. The number of nitrogens with two attached hydrogens (primary N) is 1. The number of hydrogen-bond acceptors (Lipinski definition) is 3. The molecule has 5 heteroatoms. The summed E-state index contributed by atoms with van der Waals surface area (Å²) in [6.45, 7) is 1.78. The zero-order valence-corrected chi connectivity index (χ0v) is 11.5. The van der Waals surface area contributed by atoms with Crippen LogP contribution in [0, 0.1) is 12.7 Å². The van der Waals surface area contributed by atoms with Gasteiger partial charge in [-0.25, -0.2) is 12.8 Å². The first-order chi connectivity index (χ1) is 8.79. The molecular weight excluding hydrogens is 265 g/mol. The van der Waals surface area contributed by atoms with Crippen molar-refractivity contribution in [3.63, 3.8) is 0 Å². The van der Waals surface area contributed by atoms with E-state index in [9.17, 15) is 12.8 Å². The molecule has 0 aromatic heterocycles. The summed E-state index contributed by atoms with van der Waals surface area (Å²) in [5.41, 5.74) is 7.97. The highest BCUT2D eigenvalue weighted by molar-refractivity contribution is 7.90. The van der Waals surface area contributed by atoms with Crippen molar-refractivity contribution in [2.75, 3.05) is 12.0 Å². The number of hydrogen-bond donors (Lipinski definition) is 1. The highest BCUT2D eigenvalue weighted by Gasteiger charge is 2.09. The Morgan fingerprint density at radius 1 is 1.11 bits per heavy atom.